The minimum atomic E-state index is 0.195. The van der Waals surface area contributed by atoms with E-state index in [1.54, 1.807) is 0 Å². The van der Waals surface area contributed by atoms with E-state index in [1.807, 2.05) is 0 Å². The fraction of sp³-hybridized carbons (Fsp3) is 0.818. The highest BCUT2D eigenvalue weighted by atomic mass is 16.5. The van der Waals surface area contributed by atoms with Gasteiger partial charge in [0.2, 0.25) is 5.89 Å². The molecule has 1 saturated heterocycles. The lowest BCUT2D eigenvalue weighted by molar-refractivity contribution is 0.244. The number of nitrogens with zero attached hydrogens (tertiary/aromatic N) is 2. The van der Waals surface area contributed by atoms with E-state index in [2.05, 4.69) is 22.4 Å². The molecule has 4 heteroatoms. The zero-order valence-electron chi connectivity index (χ0n) is 9.12. The lowest BCUT2D eigenvalue weighted by atomic mass is 9.70. The molecule has 1 aliphatic carbocycles. The maximum Gasteiger partial charge on any atom is 0.243 e. The lowest BCUT2D eigenvalue weighted by Crippen LogP contribution is -2.31. The van der Waals surface area contributed by atoms with Gasteiger partial charge >= 0.3 is 0 Å². The van der Waals surface area contributed by atoms with Gasteiger partial charge in [0, 0.05) is 5.41 Å². The smallest absolute Gasteiger partial charge is 0.243 e. The second-order valence-corrected chi connectivity index (χ2v) is 5.02. The summed E-state index contributed by atoms with van der Waals surface area (Å²) < 4.78 is 5.35. The van der Waals surface area contributed by atoms with Crippen LogP contribution in [0.15, 0.2) is 4.52 Å². The van der Waals surface area contributed by atoms with E-state index in [1.165, 1.54) is 25.7 Å². The third-order valence-electron chi connectivity index (χ3n) is 3.80. The molecule has 4 nitrogen and oxygen atoms in total. The van der Waals surface area contributed by atoms with Crippen molar-refractivity contribution in [3.63, 3.8) is 0 Å². The maximum absolute atomic E-state index is 5.35. The molecule has 0 radical (unpaired) electrons. The Morgan fingerprint density at radius 2 is 2.27 bits per heavy atom. The molecule has 0 bridgehead atoms. The van der Waals surface area contributed by atoms with Gasteiger partial charge in [-0.25, -0.2) is 0 Å². The van der Waals surface area contributed by atoms with Crippen LogP contribution in [-0.2, 0) is 5.41 Å². The summed E-state index contributed by atoms with van der Waals surface area (Å²) in [4.78, 5) is 4.55. The summed E-state index contributed by atoms with van der Waals surface area (Å²) in [5.41, 5.74) is 0.195. The molecule has 3 rings (SSSR count). The van der Waals surface area contributed by atoms with Crippen LogP contribution in [0, 0.1) is 0 Å². The number of nitrogens with one attached hydrogen (secondary N) is 1. The summed E-state index contributed by atoms with van der Waals surface area (Å²) in [6, 6.07) is 0.301. The number of hydrogen-bond donors (Lipinski definition) is 1. The molecule has 0 spiro atoms. The zero-order chi connectivity index (χ0) is 10.3. The maximum atomic E-state index is 5.35. The van der Waals surface area contributed by atoms with Gasteiger partial charge in [-0.1, -0.05) is 18.5 Å². The van der Waals surface area contributed by atoms with Gasteiger partial charge in [-0.15, -0.1) is 0 Å². The molecular weight excluding hydrogens is 190 g/mol. The van der Waals surface area contributed by atoms with E-state index >= 15 is 0 Å². The van der Waals surface area contributed by atoms with E-state index in [-0.39, 0.29) is 5.41 Å². The average Bonchev–Trinajstić information content (AvgIpc) is 2.84. The molecule has 2 fully saturated rings. The third-order valence-corrected chi connectivity index (χ3v) is 3.80. The highest BCUT2D eigenvalue weighted by Gasteiger charge is 2.38. The molecule has 1 aliphatic heterocycles. The molecule has 0 aromatic carbocycles. The number of aromatic nitrogens is 2. The first kappa shape index (κ1) is 9.33. The molecule has 1 N–H and O–H groups in total. The molecular formula is C11H17N3O. The Kier molecular flexibility index (Phi) is 2.06. The van der Waals surface area contributed by atoms with E-state index in [0.29, 0.717) is 6.04 Å². The van der Waals surface area contributed by atoms with E-state index in [9.17, 15) is 0 Å². The highest BCUT2D eigenvalue weighted by molar-refractivity contribution is 5.10. The largest absolute Gasteiger partial charge is 0.338 e. The van der Waals surface area contributed by atoms with Crippen molar-refractivity contribution in [2.75, 3.05) is 6.54 Å². The van der Waals surface area contributed by atoms with Crippen molar-refractivity contribution in [1.29, 1.82) is 0 Å². The van der Waals surface area contributed by atoms with Crippen LogP contribution in [0.1, 0.15) is 56.8 Å². The van der Waals surface area contributed by atoms with Crippen LogP contribution in [-0.4, -0.2) is 16.7 Å². The predicted octanol–water partition coefficient (Wildman–Crippen LogP) is 1.94. The van der Waals surface area contributed by atoms with Crippen LogP contribution in [0.2, 0.25) is 0 Å². The van der Waals surface area contributed by atoms with Gasteiger partial charge in [0.25, 0.3) is 0 Å². The topological polar surface area (TPSA) is 51.0 Å². The van der Waals surface area contributed by atoms with Crippen LogP contribution in [0.3, 0.4) is 0 Å². The number of rotatable bonds is 2. The Bertz CT molecular complexity index is 350. The average molecular weight is 207 g/mol. The van der Waals surface area contributed by atoms with Crippen molar-refractivity contribution in [1.82, 2.24) is 15.5 Å². The molecule has 1 aromatic rings. The molecule has 2 heterocycles. The van der Waals surface area contributed by atoms with Gasteiger partial charge in [-0.2, -0.15) is 4.98 Å². The summed E-state index contributed by atoms with van der Waals surface area (Å²) in [5.74, 6) is 1.70. The van der Waals surface area contributed by atoms with Crippen LogP contribution >= 0.6 is 0 Å². The van der Waals surface area contributed by atoms with Crippen LogP contribution in [0.4, 0.5) is 0 Å². The second kappa shape index (κ2) is 3.30. The summed E-state index contributed by atoms with van der Waals surface area (Å²) >= 11 is 0. The van der Waals surface area contributed by atoms with Gasteiger partial charge in [0.15, 0.2) is 5.82 Å². The highest BCUT2D eigenvalue weighted by Crippen LogP contribution is 2.41. The fourth-order valence-electron chi connectivity index (χ4n) is 2.45. The summed E-state index contributed by atoms with van der Waals surface area (Å²) in [6.07, 6.45) is 6.02. The molecule has 0 amide bonds. The second-order valence-electron chi connectivity index (χ2n) is 5.02. The van der Waals surface area contributed by atoms with Crippen molar-refractivity contribution in [3.8, 4) is 0 Å². The van der Waals surface area contributed by atoms with Crippen LogP contribution in [0.5, 0.6) is 0 Å². The minimum Gasteiger partial charge on any atom is -0.338 e. The van der Waals surface area contributed by atoms with Crippen LogP contribution < -0.4 is 5.32 Å². The van der Waals surface area contributed by atoms with E-state index < -0.39 is 0 Å². The lowest BCUT2D eigenvalue weighted by Gasteiger charge is -2.34. The van der Waals surface area contributed by atoms with E-state index in [4.69, 9.17) is 4.52 Å². The van der Waals surface area contributed by atoms with Crippen molar-refractivity contribution >= 4 is 0 Å². The molecule has 1 aromatic heterocycles. The quantitative estimate of drug-likeness (QED) is 0.805. The Morgan fingerprint density at radius 1 is 1.40 bits per heavy atom. The van der Waals surface area contributed by atoms with Crippen molar-refractivity contribution < 1.29 is 4.52 Å². The number of hydrogen-bond acceptors (Lipinski definition) is 4. The van der Waals surface area contributed by atoms with E-state index in [0.717, 1.165) is 24.7 Å². The zero-order valence-corrected chi connectivity index (χ0v) is 9.12. The Hall–Kier alpha value is -0.900. The summed E-state index contributed by atoms with van der Waals surface area (Å²) in [7, 11) is 0. The first-order valence-electron chi connectivity index (χ1n) is 5.85. The Labute approximate surface area is 89.4 Å². The van der Waals surface area contributed by atoms with Crippen molar-refractivity contribution in [3.05, 3.63) is 11.7 Å². The van der Waals surface area contributed by atoms with Crippen LogP contribution in [0.25, 0.3) is 0 Å². The first-order chi connectivity index (χ1) is 7.28. The van der Waals surface area contributed by atoms with Gasteiger partial charge < -0.3 is 9.84 Å². The first-order valence-corrected chi connectivity index (χ1v) is 5.85. The fourth-order valence-corrected chi connectivity index (χ4v) is 2.45. The molecule has 1 saturated carbocycles. The molecule has 82 valence electrons. The van der Waals surface area contributed by atoms with Crippen molar-refractivity contribution in [2.24, 2.45) is 0 Å². The van der Waals surface area contributed by atoms with Gasteiger partial charge in [-0.3, -0.25) is 0 Å². The standard InChI is InChI=1S/C11H17N3O/c1-11(5-3-6-11)10-13-9(15-14-10)8-4-2-7-12-8/h8,12H,2-7H2,1H3. The summed E-state index contributed by atoms with van der Waals surface area (Å²) in [5, 5.41) is 7.51. The Morgan fingerprint density at radius 3 is 2.87 bits per heavy atom. The Balaban J connectivity index is 1.80. The molecule has 1 atom stereocenters. The van der Waals surface area contributed by atoms with Gasteiger partial charge in [0.05, 0.1) is 6.04 Å². The normalized spacial score (nSPS) is 29.0. The molecule has 2 aliphatic rings. The van der Waals surface area contributed by atoms with Crippen molar-refractivity contribution in [2.45, 2.75) is 50.5 Å². The van der Waals surface area contributed by atoms with Gasteiger partial charge in [0.1, 0.15) is 0 Å². The molecule has 1 unspecified atom stereocenters. The predicted molar refractivity (Wildman–Crippen MR) is 55.5 cm³/mol. The monoisotopic (exact) mass is 207 g/mol. The SMILES string of the molecule is CC1(c2noc(C3CCCN3)n2)CCC1. The molecule has 15 heavy (non-hydrogen) atoms. The third kappa shape index (κ3) is 1.47. The summed E-state index contributed by atoms with van der Waals surface area (Å²) in [6.45, 7) is 3.30. The minimum absolute atomic E-state index is 0.195. The van der Waals surface area contributed by atoms with Gasteiger partial charge in [-0.05, 0) is 32.2 Å².